The van der Waals surface area contributed by atoms with E-state index in [0.29, 0.717) is 5.88 Å². The number of aromatic nitrogens is 2. The van der Waals surface area contributed by atoms with Gasteiger partial charge in [0, 0.05) is 12.2 Å². The Labute approximate surface area is 120 Å². The first-order valence-electron chi connectivity index (χ1n) is 6.51. The van der Waals surface area contributed by atoms with E-state index in [0.717, 1.165) is 12.0 Å². The molecule has 0 spiro atoms. The molecule has 1 aromatic heterocycles. The highest BCUT2D eigenvalue weighted by Gasteiger charge is 2.16. The first kappa shape index (κ1) is 16.5. The zero-order chi connectivity index (χ0) is 15.1. The van der Waals surface area contributed by atoms with Crippen LogP contribution in [0.3, 0.4) is 0 Å². The first-order valence-corrected chi connectivity index (χ1v) is 6.51. The minimum Gasteiger partial charge on any atom is -0.480 e. The smallest absolute Gasteiger partial charge is 0.376 e. The molecule has 0 aliphatic carbocycles. The second kappa shape index (κ2) is 7.86. The molecule has 0 aliphatic heterocycles. The van der Waals surface area contributed by atoms with Crippen LogP contribution in [0.15, 0.2) is 12.3 Å². The summed E-state index contributed by atoms with van der Waals surface area (Å²) < 4.78 is 10.1. The van der Waals surface area contributed by atoms with Gasteiger partial charge in [-0.05, 0) is 20.3 Å². The Morgan fingerprint density at radius 3 is 2.70 bits per heavy atom. The van der Waals surface area contributed by atoms with Gasteiger partial charge in [0.05, 0.1) is 19.8 Å². The summed E-state index contributed by atoms with van der Waals surface area (Å²) in [6.45, 7) is 3.80. The molecule has 0 saturated carbocycles. The minimum absolute atomic E-state index is 0.233. The predicted molar refractivity (Wildman–Crippen MR) is 79.8 cm³/mol. The summed E-state index contributed by atoms with van der Waals surface area (Å²) >= 11 is 0. The van der Waals surface area contributed by atoms with Crippen LogP contribution >= 0.6 is 0 Å². The molecule has 0 bridgehead atoms. The van der Waals surface area contributed by atoms with Gasteiger partial charge < -0.3 is 19.3 Å². The number of nitrogens with zero attached hydrogens (tertiary/aromatic N) is 3. The van der Waals surface area contributed by atoms with Crippen LogP contribution in [-0.2, 0) is 0 Å². The van der Waals surface area contributed by atoms with Crippen molar-refractivity contribution in [1.82, 2.24) is 14.8 Å². The highest BCUT2D eigenvalue weighted by Crippen LogP contribution is 2.19. The summed E-state index contributed by atoms with van der Waals surface area (Å²) in [4.78, 5) is 10.1. The molecule has 1 rings (SSSR count). The average molecular weight is 279 g/mol. The minimum atomic E-state index is -0.461. The van der Waals surface area contributed by atoms with Gasteiger partial charge in [0.2, 0.25) is 5.88 Å². The van der Waals surface area contributed by atoms with Gasteiger partial charge in [0.25, 0.3) is 0 Å². The van der Waals surface area contributed by atoms with E-state index < -0.39 is 7.05 Å². The normalized spacial score (nSPS) is 12.8. The molecule has 110 valence electrons. The number of ether oxygens (including phenoxy) is 2. The Morgan fingerprint density at radius 2 is 2.15 bits per heavy atom. The van der Waals surface area contributed by atoms with Crippen LogP contribution in [0.2, 0.25) is 6.82 Å². The summed E-state index contributed by atoms with van der Waals surface area (Å²) in [5, 5.41) is 9.50. The van der Waals surface area contributed by atoms with Gasteiger partial charge in [-0.3, -0.25) is 0 Å². The van der Waals surface area contributed by atoms with E-state index in [2.05, 4.69) is 16.9 Å². The Morgan fingerprint density at radius 1 is 1.45 bits per heavy atom. The lowest BCUT2D eigenvalue weighted by Gasteiger charge is -2.24. The van der Waals surface area contributed by atoms with E-state index in [9.17, 15) is 5.02 Å². The van der Waals surface area contributed by atoms with Crippen LogP contribution in [0.25, 0.3) is 6.08 Å². The summed E-state index contributed by atoms with van der Waals surface area (Å²) in [5.41, 5.74) is 0.792. The molecule has 0 aliphatic rings. The standard InChI is InChI=1S/C13H22BN3O3/c1-10(17(3)14(2)18)7-6-8-11-9-15-13(20-5)16-12(11)19-4/h6,8-10,18H,7H2,1-5H3/t10-/m0/s1. The van der Waals surface area contributed by atoms with E-state index in [-0.39, 0.29) is 12.1 Å². The molecule has 0 radical (unpaired) electrons. The molecule has 6 nitrogen and oxygen atoms in total. The molecule has 1 heterocycles. The summed E-state index contributed by atoms with van der Waals surface area (Å²) in [6.07, 6.45) is 6.38. The lowest BCUT2D eigenvalue weighted by molar-refractivity contribution is 0.348. The van der Waals surface area contributed by atoms with Gasteiger partial charge in [0.1, 0.15) is 0 Å². The maximum Gasteiger partial charge on any atom is 0.376 e. The Bertz CT molecular complexity index is 454. The van der Waals surface area contributed by atoms with E-state index in [1.54, 1.807) is 20.1 Å². The van der Waals surface area contributed by atoms with Crippen molar-refractivity contribution in [3.05, 3.63) is 17.8 Å². The SMILES string of the molecule is COc1ncc(C=CC[C@H](C)N(C)B(C)O)c(OC)n1. The van der Waals surface area contributed by atoms with Crippen molar-refractivity contribution < 1.29 is 14.5 Å². The molecule has 1 aromatic rings. The van der Waals surface area contributed by atoms with Gasteiger partial charge in [-0.1, -0.05) is 19.1 Å². The van der Waals surface area contributed by atoms with Crippen molar-refractivity contribution in [3.63, 3.8) is 0 Å². The maximum atomic E-state index is 9.50. The largest absolute Gasteiger partial charge is 0.480 e. The third-order valence-corrected chi connectivity index (χ3v) is 3.19. The second-order valence-corrected chi connectivity index (χ2v) is 4.61. The fraction of sp³-hybridized carbons (Fsp3) is 0.538. The van der Waals surface area contributed by atoms with Crippen molar-refractivity contribution in [1.29, 1.82) is 0 Å². The lowest BCUT2D eigenvalue weighted by atomic mass is 9.83. The molecule has 7 heteroatoms. The van der Waals surface area contributed by atoms with E-state index >= 15 is 0 Å². The fourth-order valence-electron chi connectivity index (χ4n) is 1.66. The lowest BCUT2D eigenvalue weighted by Crippen LogP contribution is -2.39. The van der Waals surface area contributed by atoms with Crippen LogP contribution in [0.4, 0.5) is 0 Å². The monoisotopic (exact) mass is 279 g/mol. The molecule has 0 aromatic carbocycles. The van der Waals surface area contributed by atoms with Crippen LogP contribution in [-0.4, -0.2) is 54.2 Å². The molecule has 0 fully saturated rings. The summed E-state index contributed by atoms with van der Waals surface area (Å²) in [7, 11) is 4.50. The quantitative estimate of drug-likeness (QED) is 0.759. The maximum absolute atomic E-state index is 9.50. The molecule has 0 amide bonds. The highest BCUT2D eigenvalue weighted by atomic mass is 16.5. The third-order valence-electron chi connectivity index (χ3n) is 3.19. The van der Waals surface area contributed by atoms with E-state index in [4.69, 9.17) is 9.47 Å². The average Bonchev–Trinajstić information content (AvgIpc) is 2.46. The van der Waals surface area contributed by atoms with Gasteiger partial charge in [-0.15, -0.1) is 0 Å². The zero-order valence-corrected chi connectivity index (χ0v) is 12.7. The number of hydrogen-bond donors (Lipinski definition) is 1. The van der Waals surface area contributed by atoms with Crippen LogP contribution in [0.1, 0.15) is 18.9 Å². The number of rotatable bonds is 7. The van der Waals surface area contributed by atoms with Crippen molar-refractivity contribution in [2.45, 2.75) is 26.2 Å². The van der Waals surface area contributed by atoms with Crippen LogP contribution < -0.4 is 9.47 Å². The third kappa shape index (κ3) is 4.50. The van der Waals surface area contributed by atoms with Crippen molar-refractivity contribution in [2.24, 2.45) is 0 Å². The van der Waals surface area contributed by atoms with E-state index in [1.165, 1.54) is 7.11 Å². The van der Waals surface area contributed by atoms with E-state index in [1.807, 2.05) is 24.0 Å². The molecule has 1 N–H and O–H groups in total. The van der Waals surface area contributed by atoms with Gasteiger partial charge in [-0.25, -0.2) is 4.98 Å². The Kier molecular flexibility index (Phi) is 6.47. The molecule has 0 unspecified atom stereocenters. The van der Waals surface area contributed by atoms with Crippen molar-refractivity contribution in [2.75, 3.05) is 21.3 Å². The molecular weight excluding hydrogens is 257 g/mol. The summed E-state index contributed by atoms with van der Waals surface area (Å²) in [5.74, 6) is 0.477. The molecular formula is C13H22BN3O3. The highest BCUT2D eigenvalue weighted by molar-refractivity contribution is 6.45. The predicted octanol–water partition coefficient (Wildman–Crippen LogP) is 1.33. The second-order valence-electron chi connectivity index (χ2n) is 4.61. The Balaban J connectivity index is 2.71. The van der Waals surface area contributed by atoms with Crippen LogP contribution in [0.5, 0.6) is 11.9 Å². The first-order chi connectivity index (χ1) is 9.49. The molecule has 0 saturated heterocycles. The number of hydrogen-bond acceptors (Lipinski definition) is 6. The number of methoxy groups -OCH3 is 2. The molecule has 1 atom stereocenters. The fourth-order valence-corrected chi connectivity index (χ4v) is 1.66. The Hall–Kier alpha value is -1.60. The summed E-state index contributed by atoms with van der Waals surface area (Å²) in [6, 6.07) is 0.512. The van der Waals surface area contributed by atoms with Crippen molar-refractivity contribution in [3.8, 4) is 11.9 Å². The topological polar surface area (TPSA) is 67.7 Å². The molecule has 20 heavy (non-hydrogen) atoms. The zero-order valence-electron chi connectivity index (χ0n) is 12.7. The van der Waals surface area contributed by atoms with Crippen LogP contribution in [0, 0.1) is 0 Å². The van der Waals surface area contributed by atoms with Gasteiger partial charge in [-0.2, -0.15) is 4.98 Å². The van der Waals surface area contributed by atoms with Gasteiger partial charge >= 0.3 is 13.1 Å². The van der Waals surface area contributed by atoms with Crippen molar-refractivity contribution >= 4 is 13.1 Å². The van der Waals surface area contributed by atoms with Gasteiger partial charge in [0.15, 0.2) is 0 Å².